The number of hydrogen-bond acceptors (Lipinski definition) is 5. The minimum atomic E-state index is -4.92. The van der Waals surface area contributed by atoms with Gasteiger partial charge in [0.05, 0.1) is 0 Å². The Labute approximate surface area is 187 Å². The molecule has 31 heavy (non-hydrogen) atoms. The summed E-state index contributed by atoms with van der Waals surface area (Å²) in [6.07, 6.45) is 0.457. The van der Waals surface area contributed by atoms with Gasteiger partial charge in [-0.3, -0.25) is 4.79 Å². The topological polar surface area (TPSA) is 73.9 Å². The van der Waals surface area contributed by atoms with Crippen LogP contribution in [-0.4, -0.2) is 16.1 Å². The quantitative estimate of drug-likeness (QED) is 0.0789. The molecule has 0 amide bonds. The number of alkyl halides is 1. The third-order valence-corrected chi connectivity index (χ3v) is 6.33. The lowest BCUT2D eigenvalue weighted by atomic mass is 10.3. The highest BCUT2D eigenvalue weighted by atomic mass is 127. The molecular formula is C18H16F5INO5P. The number of nitrogens with one attached hydrogen (secondary N) is 1. The average Bonchev–Trinajstić information content (AvgIpc) is 2.74. The summed E-state index contributed by atoms with van der Waals surface area (Å²) in [5.74, 6) is -14.6. The van der Waals surface area contributed by atoms with E-state index in [1.165, 1.54) is 31.2 Å². The first-order valence-corrected chi connectivity index (χ1v) is 11.5. The molecule has 0 heterocycles. The molecule has 1 N–H and O–H groups in total. The van der Waals surface area contributed by atoms with Gasteiger partial charge in [-0.1, -0.05) is 25.1 Å². The third-order valence-electron chi connectivity index (χ3n) is 3.62. The third kappa shape index (κ3) is 6.30. The lowest BCUT2D eigenvalue weighted by molar-refractivity contribution is -0.146. The second-order valence-corrected chi connectivity index (χ2v) is 9.01. The van der Waals surface area contributed by atoms with Crippen LogP contribution in [-0.2, 0) is 14.1 Å². The second-order valence-electron chi connectivity index (χ2n) is 6.00. The lowest BCUT2D eigenvalue weighted by Gasteiger charge is -2.24. The fourth-order valence-corrected chi connectivity index (χ4v) is 3.85. The van der Waals surface area contributed by atoms with Crippen LogP contribution in [0.15, 0.2) is 30.3 Å². The van der Waals surface area contributed by atoms with Crippen molar-refractivity contribution in [1.82, 2.24) is 5.09 Å². The number of rotatable bonds is 9. The van der Waals surface area contributed by atoms with Crippen LogP contribution in [0, 0.1) is 29.1 Å². The molecule has 0 saturated carbocycles. The highest BCUT2D eigenvalue weighted by Gasteiger charge is 2.38. The Morgan fingerprint density at radius 3 is 2.03 bits per heavy atom. The lowest BCUT2D eigenvalue weighted by Crippen LogP contribution is -2.37. The van der Waals surface area contributed by atoms with Crippen molar-refractivity contribution in [1.29, 1.82) is 0 Å². The standard InChI is InChI=1S/C18H16F5INO5P/c1-3-11(24)28-18(26)9(2)25-31(27,29-10-7-5-4-6-8-10)30-17-15(22)13(20)12(19)14(21)16(17)23/h4-9,11H,3H2,1-2H3,(H,25,27)/t9-,11?,31-/m0/s1. The van der Waals surface area contributed by atoms with Gasteiger partial charge in [0.2, 0.25) is 34.8 Å². The second kappa shape index (κ2) is 10.6. The molecule has 0 aliphatic rings. The van der Waals surface area contributed by atoms with E-state index < -0.39 is 58.7 Å². The number of hydrogen-bond donors (Lipinski definition) is 1. The Hall–Kier alpha value is -1.92. The molecule has 2 aromatic carbocycles. The summed E-state index contributed by atoms with van der Waals surface area (Å²) in [6, 6.07) is 5.66. The van der Waals surface area contributed by atoms with Gasteiger partial charge >= 0.3 is 13.7 Å². The van der Waals surface area contributed by atoms with Gasteiger partial charge in [-0.05, 0) is 48.1 Å². The Bertz CT molecular complexity index is 968. The zero-order valence-corrected chi connectivity index (χ0v) is 19.1. The van der Waals surface area contributed by atoms with Gasteiger partial charge in [0.1, 0.15) is 11.8 Å². The summed E-state index contributed by atoms with van der Waals surface area (Å²) >= 11 is 1.83. The van der Waals surface area contributed by atoms with Gasteiger partial charge < -0.3 is 13.8 Å². The van der Waals surface area contributed by atoms with Gasteiger partial charge in [0.15, 0.2) is 4.11 Å². The van der Waals surface area contributed by atoms with Crippen molar-refractivity contribution in [2.75, 3.05) is 0 Å². The highest BCUT2D eigenvalue weighted by molar-refractivity contribution is 14.1. The van der Waals surface area contributed by atoms with Crippen LogP contribution in [0.2, 0.25) is 0 Å². The Morgan fingerprint density at radius 2 is 1.52 bits per heavy atom. The SMILES string of the molecule is CCC(I)OC(=O)[C@H](C)N[P@](=O)(Oc1ccccc1)Oc1c(F)c(F)c(F)c(F)c1F. The van der Waals surface area contributed by atoms with Crippen LogP contribution in [0.4, 0.5) is 22.0 Å². The maximum atomic E-state index is 14.0. The van der Waals surface area contributed by atoms with Crippen LogP contribution in [0.25, 0.3) is 0 Å². The van der Waals surface area contributed by atoms with Crippen molar-refractivity contribution in [3.05, 3.63) is 59.4 Å². The number of carbonyl (C=O) groups excluding carboxylic acids is 1. The number of para-hydroxylation sites is 1. The van der Waals surface area contributed by atoms with Crippen LogP contribution in [0.1, 0.15) is 20.3 Å². The largest absolute Gasteiger partial charge is 0.513 e. The van der Waals surface area contributed by atoms with Gasteiger partial charge in [-0.25, -0.2) is 17.7 Å². The fraction of sp³-hybridized carbons (Fsp3) is 0.278. The van der Waals surface area contributed by atoms with E-state index in [0.29, 0.717) is 6.42 Å². The first kappa shape index (κ1) is 25.3. The fourth-order valence-electron chi connectivity index (χ4n) is 2.08. The molecule has 2 aromatic rings. The molecule has 170 valence electrons. The summed E-state index contributed by atoms with van der Waals surface area (Å²) < 4.78 is 95.9. The molecule has 0 aliphatic heterocycles. The monoisotopic (exact) mass is 579 g/mol. The van der Waals surface area contributed by atoms with E-state index in [2.05, 4.69) is 9.61 Å². The van der Waals surface area contributed by atoms with Gasteiger partial charge in [0, 0.05) is 0 Å². The zero-order chi connectivity index (χ0) is 23.3. The number of esters is 1. The van der Waals surface area contributed by atoms with Crippen molar-refractivity contribution < 1.29 is 45.1 Å². The summed E-state index contributed by atoms with van der Waals surface area (Å²) in [7, 11) is -4.92. The Kier molecular flexibility index (Phi) is 8.66. The molecule has 0 aromatic heterocycles. The molecule has 6 nitrogen and oxygen atoms in total. The van der Waals surface area contributed by atoms with E-state index in [9.17, 15) is 31.3 Å². The van der Waals surface area contributed by atoms with Crippen LogP contribution >= 0.6 is 30.3 Å². The molecule has 1 unspecified atom stereocenters. The van der Waals surface area contributed by atoms with Gasteiger partial charge in [-0.15, -0.1) is 0 Å². The van der Waals surface area contributed by atoms with E-state index >= 15 is 0 Å². The van der Waals surface area contributed by atoms with E-state index in [1.807, 2.05) is 22.6 Å². The van der Waals surface area contributed by atoms with E-state index in [4.69, 9.17) is 9.26 Å². The summed E-state index contributed by atoms with van der Waals surface area (Å²) in [5.41, 5.74) is 0. The molecule has 3 atom stereocenters. The predicted molar refractivity (Wildman–Crippen MR) is 108 cm³/mol. The average molecular weight is 579 g/mol. The summed E-state index contributed by atoms with van der Waals surface area (Å²) in [5, 5.41) is 2.09. The number of carbonyl (C=O) groups is 1. The van der Waals surface area contributed by atoms with Crippen LogP contribution in [0.5, 0.6) is 11.5 Å². The number of benzene rings is 2. The van der Waals surface area contributed by atoms with Crippen molar-refractivity contribution in [2.24, 2.45) is 0 Å². The predicted octanol–water partition coefficient (Wildman–Crippen LogP) is 5.64. The molecule has 0 bridgehead atoms. The van der Waals surface area contributed by atoms with Crippen molar-refractivity contribution in [2.45, 2.75) is 30.4 Å². The molecule has 0 aliphatic carbocycles. The molecule has 2 rings (SSSR count). The zero-order valence-electron chi connectivity index (χ0n) is 16.0. The molecule has 0 spiro atoms. The first-order chi connectivity index (χ1) is 14.5. The van der Waals surface area contributed by atoms with E-state index in [0.717, 1.165) is 0 Å². The smallest absolute Gasteiger partial charge is 0.451 e. The van der Waals surface area contributed by atoms with Crippen molar-refractivity contribution >= 4 is 36.3 Å². The Balaban J connectivity index is 2.42. The first-order valence-electron chi connectivity index (χ1n) is 8.67. The summed E-state index contributed by atoms with van der Waals surface area (Å²) in [4.78, 5) is 12.1. The summed E-state index contributed by atoms with van der Waals surface area (Å²) in [6.45, 7) is 2.92. The minimum absolute atomic E-state index is 0.136. The molecule has 13 heteroatoms. The Morgan fingerprint density at radius 1 is 1.00 bits per heavy atom. The molecule has 0 radical (unpaired) electrons. The normalized spacial score (nSPS) is 15.0. The van der Waals surface area contributed by atoms with Gasteiger partial charge in [-0.2, -0.15) is 13.9 Å². The molecule has 0 saturated heterocycles. The minimum Gasteiger partial charge on any atom is -0.451 e. The maximum Gasteiger partial charge on any atom is 0.513 e. The van der Waals surface area contributed by atoms with Crippen LogP contribution in [0.3, 0.4) is 0 Å². The highest BCUT2D eigenvalue weighted by Crippen LogP contribution is 2.47. The maximum absolute atomic E-state index is 14.0. The number of ether oxygens (including phenoxy) is 1. The van der Waals surface area contributed by atoms with E-state index in [1.54, 1.807) is 13.0 Å². The molecule has 0 fully saturated rings. The van der Waals surface area contributed by atoms with Crippen LogP contribution < -0.4 is 14.1 Å². The van der Waals surface area contributed by atoms with Crippen molar-refractivity contribution in [3.63, 3.8) is 0 Å². The number of halogens is 6. The van der Waals surface area contributed by atoms with Crippen molar-refractivity contribution in [3.8, 4) is 11.5 Å². The van der Waals surface area contributed by atoms with E-state index in [-0.39, 0.29) is 5.75 Å². The molecular weight excluding hydrogens is 563 g/mol. The van der Waals surface area contributed by atoms with Gasteiger partial charge in [0.25, 0.3) is 0 Å².